The highest BCUT2D eigenvalue weighted by Crippen LogP contribution is 2.38. The maximum absolute atomic E-state index is 12.9. The van der Waals surface area contributed by atoms with Crippen molar-refractivity contribution in [2.24, 2.45) is 0 Å². The Morgan fingerprint density at radius 1 is 1.15 bits per heavy atom. The predicted molar refractivity (Wildman–Crippen MR) is 101 cm³/mol. The molecule has 140 valence electrons. The van der Waals surface area contributed by atoms with Crippen LogP contribution >= 0.6 is 11.6 Å². The number of nitrogens with zero attached hydrogens (tertiary/aromatic N) is 4. The summed E-state index contributed by atoms with van der Waals surface area (Å²) in [6, 6.07) is 10.4. The average Bonchev–Trinajstić information content (AvgIpc) is 2.95. The molecule has 7 nitrogen and oxygen atoms in total. The van der Waals surface area contributed by atoms with Crippen LogP contribution in [0.15, 0.2) is 42.6 Å². The monoisotopic (exact) mass is 386 g/mol. The van der Waals surface area contributed by atoms with Gasteiger partial charge in [0.15, 0.2) is 0 Å². The number of piperazine rings is 1. The Kier molecular flexibility index (Phi) is 4.72. The normalized spacial score (nSPS) is 19.9. The lowest BCUT2D eigenvalue weighted by Crippen LogP contribution is -2.48. The number of aromatic nitrogens is 1. The molecule has 0 bridgehead atoms. The van der Waals surface area contributed by atoms with E-state index in [0.717, 1.165) is 13.1 Å². The van der Waals surface area contributed by atoms with E-state index in [1.807, 2.05) is 13.1 Å². The summed E-state index contributed by atoms with van der Waals surface area (Å²) in [5, 5.41) is 0.467. The van der Waals surface area contributed by atoms with E-state index in [9.17, 15) is 9.59 Å². The Morgan fingerprint density at radius 3 is 2.59 bits per heavy atom. The number of hydrogen-bond donors (Lipinski definition) is 0. The number of carbonyl (C=O) groups excluding carboxylic acids is 2. The molecule has 0 radical (unpaired) electrons. The first-order valence-electron chi connectivity index (χ1n) is 8.73. The first-order chi connectivity index (χ1) is 13.0. The Morgan fingerprint density at radius 2 is 1.89 bits per heavy atom. The van der Waals surface area contributed by atoms with Gasteiger partial charge in [0.05, 0.1) is 5.02 Å². The van der Waals surface area contributed by atoms with Crippen molar-refractivity contribution in [3.05, 3.63) is 58.7 Å². The van der Waals surface area contributed by atoms with E-state index < -0.39 is 12.3 Å². The number of anilines is 1. The van der Waals surface area contributed by atoms with Crippen LogP contribution in [0.2, 0.25) is 5.02 Å². The summed E-state index contributed by atoms with van der Waals surface area (Å²) in [5.74, 6) is 0.133. The van der Waals surface area contributed by atoms with Gasteiger partial charge in [0.2, 0.25) is 6.23 Å². The highest BCUT2D eigenvalue weighted by atomic mass is 35.5. The summed E-state index contributed by atoms with van der Waals surface area (Å²) in [4.78, 5) is 35.1. The van der Waals surface area contributed by atoms with Gasteiger partial charge in [-0.25, -0.2) is 9.78 Å². The summed E-state index contributed by atoms with van der Waals surface area (Å²) < 4.78 is 5.78. The summed E-state index contributed by atoms with van der Waals surface area (Å²) in [6.45, 7) is 2.77. The van der Waals surface area contributed by atoms with E-state index in [1.54, 1.807) is 35.2 Å². The molecule has 1 fully saturated rings. The Labute approximate surface area is 162 Å². The van der Waals surface area contributed by atoms with Crippen LogP contribution in [0.4, 0.5) is 10.6 Å². The van der Waals surface area contributed by atoms with Crippen LogP contribution in [0.25, 0.3) is 0 Å². The summed E-state index contributed by atoms with van der Waals surface area (Å²) >= 11 is 5.92. The van der Waals surface area contributed by atoms with Gasteiger partial charge in [-0.3, -0.25) is 9.69 Å². The number of halogens is 1. The van der Waals surface area contributed by atoms with Crippen molar-refractivity contribution < 1.29 is 14.3 Å². The molecular weight excluding hydrogens is 368 g/mol. The van der Waals surface area contributed by atoms with Gasteiger partial charge in [0, 0.05) is 43.5 Å². The van der Waals surface area contributed by atoms with Crippen molar-refractivity contribution in [2.45, 2.75) is 6.23 Å². The summed E-state index contributed by atoms with van der Waals surface area (Å²) in [5.41, 5.74) is 1.16. The number of amides is 2. The molecule has 0 aliphatic carbocycles. The van der Waals surface area contributed by atoms with E-state index in [4.69, 9.17) is 16.3 Å². The molecule has 2 amide bonds. The van der Waals surface area contributed by atoms with Gasteiger partial charge in [-0.05, 0) is 25.2 Å². The second-order valence-electron chi connectivity index (χ2n) is 6.62. The number of rotatable bonds is 2. The molecule has 3 heterocycles. The fourth-order valence-electron chi connectivity index (χ4n) is 3.29. The summed E-state index contributed by atoms with van der Waals surface area (Å²) in [6.07, 6.45) is 0.179. The van der Waals surface area contributed by atoms with Gasteiger partial charge in [0.1, 0.15) is 5.82 Å². The quantitative estimate of drug-likeness (QED) is 0.794. The smallest absolute Gasteiger partial charge is 0.412 e. The van der Waals surface area contributed by atoms with Crippen LogP contribution in [0.3, 0.4) is 0 Å². The second-order valence-corrected chi connectivity index (χ2v) is 7.06. The Hall–Kier alpha value is -2.64. The molecule has 2 aliphatic heterocycles. The number of fused-ring (bicyclic) bond motifs is 1. The van der Waals surface area contributed by atoms with Crippen molar-refractivity contribution >= 4 is 29.4 Å². The molecule has 0 unspecified atom stereocenters. The first kappa shape index (κ1) is 17.8. The molecule has 2 aliphatic rings. The Balaban J connectivity index is 1.63. The average molecular weight is 387 g/mol. The second kappa shape index (κ2) is 7.17. The molecule has 27 heavy (non-hydrogen) atoms. The molecule has 2 aromatic rings. The molecular formula is C19H19ClN4O3. The minimum atomic E-state index is -0.852. The lowest BCUT2D eigenvalue weighted by Gasteiger charge is -2.33. The van der Waals surface area contributed by atoms with Crippen LogP contribution in [0, 0.1) is 0 Å². The zero-order valence-corrected chi connectivity index (χ0v) is 15.6. The molecule has 1 aromatic heterocycles. The number of likely N-dealkylation sites (N-methyl/N-ethyl adjacent to an activating group) is 1. The minimum Gasteiger partial charge on any atom is -0.420 e. The third kappa shape index (κ3) is 3.36. The maximum Gasteiger partial charge on any atom is 0.412 e. The van der Waals surface area contributed by atoms with Gasteiger partial charge in [0.25, 0.3) is 5.91 Å². The van der Waals surface area contributed by atoms with Gasteiger partial charge in [-0.15, -0.1) is 0 Å². The molecule has 1 aromatic carbocycles. The van der Waals surface area contributed by atoms with Crippen LogP contribution in [0.5, 0.6) is 0 Å². The summed E-state index contributed by atoms with van der Waals surface area (Å²) in [7, 11) is 2.02. The van der Waals surface area contributed by atoms with Crippen molar-refractivity contribution in [2.75, 3.05) is 38.1 Å². The van der Waals surface area contributed by atoms with Gasteiger partial charge in [-0.1, -0.05) is 29.8 Å². The van der Waals surface area contributed by atoms with E-state index in [-0.39, 0.29) is 5.91 Å². The van der Waals surface area contributed by atoms with Gasteiger partial charge < -0.3 is 14.5 Å². The molecule has 0 spiro atoms. The predicted octanol–water partition coefficient (Wildman–Crippen LogP) is 2.78. The van der Waals surface area contributed by atoms with E-state index >= 15 is 0 Å². The number of carbonyl (C=O) groups is 2. The first-order valence-corrected chi connectivity index (χ1v) is 9.10. The number of pyridine rings is 1. The standard InChI is InChI=1S/C19H19ClN4O3/c1-22-8-10-23(11-9-22)19(26)27-18-15-5-3-2-4-14(15)17(25)24(18)16-7-6-13(20)12-21-16/h2-7,12,18H,8-11H2,1H3/t18-/m0/s1. The maximum atomic E-state index is 12.9. The van der Waals surface area contributed by atoms with E-state index in [0.29, 0.717) is 35.1 Å². The zero-order valence-electron chi connectivity index (χ0n) is 14.8. The van der Waals surface area contributed by atoms with Crippen molar-refractivity contribution in [3.63, 3.8) is 0 Å². The topological polar surface area (TPSA) is 66.0 Å². The van der Waals surface area contributed by atoms with Gasteiger partial charge >= 0.3 is 6.09 Å². The molecule has 1 atom stereocenters. The lowest BCUT2D eigenvalue weighted by molar-refractivity contribution is 0.0488. The molecule has 0 N–H and O–H groups in total. The number of benzene rings is 1. The number of hydrogen-bond acceptors (Lipinski definition) is 5. The van der Waals surface area contributed by atoms with Crippen LogP contribution in [0.1, 0.15) is 22.1 Å². The minimum absolute atomic E-state index is 0.253. The molecule has 1 saturated heterocycles. The lowest BCUT2D eigenvalue weighted by atomic mass is 10.1. The fourth-order valence-corrected chi connectivity index (χ4v) is 3.40. The van der Waals surface area contributed by atoms with Crippen LogP contribution < -0.4 is 4.90 Å². The molecule has 4 rings (SSSR count). The largest absolute Gasteiger partial charge is 0.420 e. The zero-order chi connectivity index (χ0) is 19.0. The SMILES string of the molecule is CN1CCN(C(=O)O[C@H]2c3ccccc3C(=O)N2c2ccc(Cl)cn2)CC1. The highest BCUT2D eigenvalue weighted by molar-refractivity contribution is 6.30. The Bertz CT molecular complexity index is 866. The van der Waals surface area contributed by atoms with E-state index in [1.165, 1.54) is 11.1 Å². The van der Waals surface area contributed by atoms with Crippen molar-refractivity contribution in [1.82, 2.24) is 14.8 Å². The number of ether oxygens (including phenoxy) is 1. The van der Waals surface area contributed by atoms with Crippen molar-refractivity contribution in [1.29, 1.82) is 0 Å². The van der Waals surface area contributed by atoms with Crippen LogP contribution in [-0.2, 0) is 4.74 Å². The van der Waals surface area contributed by atoms with Crippen molar-refractivity contribution in [3.8, 4) is 0 Å². The third-order valence-electron chi connectivity index (χ3n) is 4.84. The van der Waals surface area contributed by atoms with Gasteiger partial charge in [-0.2, -0.15) is 0 Å². The van der Waals surface area contributed by atoms with E-state index in [2.05, 4.69) is 9.88 Å². The molecule has 8 heteroatoms. The fraction of sp³-hybridized carbons (Fsp3) is 0.316. The third-order valence-corrected chi connectivity index (χ3v) is 5.07. The molecule has 0 saturated carbocycles. The highest BCUT2D eigenvalue weighted by Gasteiger charge is 2.41. The van der Waals surface area contributed by atoms with Crippen LogP contribution in [-0.4, -0.2) is 60.0 Å².